The number of nitro benzene ring substituents is 1. The maximum Gasteiger partial charge on any atom is 0.273 e. The van der Waals surface area contributed by atoms with Crippen LogP contribution in [-0.2, 0) is 22.6 Å². The Morgan fingerprint density at radius 1 is 1.08 bits per heavy atom. The maximum absolute atomic E-state index is 13.7. The zero-order chi connectivity index (χ0) is 27.8. The van der Waals surface area contributed by atoms with Gasteiger partial charge in [0.2, 0.25) is 5.91 Å². The second-order valence-corrected chi connectivity index (χ2v) is 10.4. The predicted octanol–water partition coefficient (Wildman–Crippen LogP) is 4.11. The summed E-state index contributed by atoms with van der Waals surface area (Å²) in [6.45, 7) is 5.47. The van der Waals surface area contributed by atoms with Crippen LogP contribution in [-0.4, -0.2) is 77.4 Å². The van der Waals surface area contributed by atoms with Crippen molar-refractivity contribution in [3.05, 3.63) is 97.5 Å². The highest BCUT2D eigenvalue weighted by molar-refractivity contribution is 7.09. The molecule has 11 heteroatoms. The Balaban J connectivity index is 1.56. The van der Waals surface area contributed by atoms with Gasteiger partial charge in [-0.2, -0.15) is 0 Å². The number of rotatable bonds is 11. The number of ether oxygens (including phenoxy) is 1. The molecule has 0 saturated carbocycles. The molecule has 0 spiro atoms. The minimum absolute atomic E-state index is 0.143. The van der Waals surface area contributed by atoms with E-state index in [0.29, 0.717) is 31.9 Å². The molecular weight excluding hydrogens is 523 g/mol. The van der Waals surface area contributed by atoms with Crippen molar-refractivity contribution in [1.29, 1.82) is 0 Å². The van der Waals surface area contributed by atoms with E-state index in [4.69, 9.17) is 4.74 Å². The van der Waals surface area contributed by atoms with E-state index < -0.39 is 10.8 Å². The maximum atomic E-state index is 13.7. The first kappa shape index (κ1) is 28.3. The Morgan fingerprint density at radius 3 is 2.49 bits per heavy atom. The van der Waals surface area contributed by atoms with Crippen LogP contribution in [0.15, 0.2) is 60.0 Å². The van der Waals surface area contributed by atoms with E-state index in [1.165, 1.54) is 34.4 Å². The fourth-order valence-electron chi connectivity index (χ4n) is 4.36. The van der Waals surface area contributed by atoms with E-state index in [9.17, 15) is 24.1 Å². The van der Waals surface area contributed by atoms with Crippen LogP contribution in [0, 0.1) is 22.9 Å². The largest absolute Gasteiger partial charge is 0.379 e. The minimum Gasteiger partial charge on any atom is -0.379 e. The van der Waals surface area contributed by atoms with Gasteiger partial charge >= 0.3 is 0 Å². The Labute approximate surface area is 230 Å². The summed E-state index contributed by atoms with van der Waals surface area (Å²) < 4.78 is 18.9. The zero-order valence-corrected chi connectivity index (χ0v) is 22.6. The smallest absolute Gasteiger partial charge is 0.273 e. The number of hydrogen-bond donors (Lipinski definition) is 0. The van der Waals surface area contributed by atoms with Crippen LogP contribution in [0.2, 0.25) is 0 Å². The van der Waals surface area contributed by atoms with Gasteiger partial charge in [0, 0.05) is 54.8 Å². The van der Waals surface area contributed by atoms with Crippen LogP contribution in [0.4, 0.5) is 10.1 Å². The highest BCUT2D eigenvalue weighted by Gasteiger charge is 2.26. The third kappa shape index (κ3) is 7.92. The third-order valence-corrected chi connectivity index (χ3v) is 7.48. The molecule has 0 bridgehead atoms. The molecule has 1 aliphatic heterocycles. The van der Waals surface area contributed by atoms with Gasteiger partial charge in [0.1, 0.15) is 12.4 Å². The first-order chi connectivity index (χ1) is 18.8. The van der Waals surface area contributed by atoms with Crippen LogP contribution in [0.3, 0.4) is 0 Å². The number of nitrogens with zero attached hydrogens (tertiary/aromatic N) is 4. The number of halogens is 1. The molecule has 2 heterocycles. The number of thiophene rings is 1. The predicted molar refractivity (Wildman–Crippen MR) is 146 cm³/mol. The summed E-state index contributed by atoms with van der Waals surface area (Å²) >= 11 is 1.52. The summed E-state index contributed by atoms with van der Waals surface area (Å²) in [6.07, 6.45) is 0. The molecule has 1 saturated heterocycles. The average Bonchev–Trinajstić information content (AvgIpc) is 3.45. The molecule has 206 valence electrons. The van der Waals surface area contributed by atoms with Crippen molar-refractivity contribution in [2.45, 2.75) is 20.0 Å². The van der Waals surface area contributed by atoms with Gasteiger partial charge in [0.25, 0.3) is 11.6 Å². The van der Waals surface area contributed by atoms with Crippen molar-refractivity contribution in [3.8, 4) is 0 Å². The highest BCUT2D eigenvalue weighted by Crippen LogP contribution is 2.21. The highest BCUT2D eigenvalue weighted by atomic mass is 32.1. The molecule has 2 amide bonds. The van der Waals surface area contributed by atoms with Gasteiger partial charge in [-0.15, -0.1) is 11.3 Å². The van der Waals surface area contributed by atoms with Gasteiger partial charge in [0.15, 0.2) is 0 Å². The Hall–Kier alpha value is -3.67. The molecular formula is C28H31FN4O5S. The van der Waals surface area contributed by atoms with Crippen LogP contribution in [0.25, 0.3) is 0 Å². The third-order valence-electron chi connectivity index (χ3n) is 6.62. The van der Waals surface area contributed by atoms with Gasteiger partial charge < -0.3 is 14.5 Å². The topological polar surface area (TPSA) is 96.2 Å². The lowest BCUT2D eigenvalue weighted by molar-refractivity contribution is -0.385. The number of amides is 2. The van der Waals surface area contributed by atoms with Gasteiger partial charge in [-0.3, -0.25) is 24.6 Å². The van der Waals surface area contributed by atoms with Gasteiger partial charge in [-0.1, -0.05) is 24.3 Å². The second-order valence-electron chi connectivity index (χ2n) is 9.39. The number of aryl methyl sites for hydroxylation is 1. The van der Waals surface area contributed by atoms with E-state index in [2.05, 4.69) is 4.90 Å². The fourth-order valence-corrected chi connectivity index (χ4v) is 5.08. The van der Waals surface area contributed by atoms with Gasteiger partial charge in [-0.05, 0) is 42.1 Å². The van der Waals surface area contributed by atoms with Crippen LogP contribution >= 0.6 is 11.3 Å². The molecule has 39 heavy (non-hydrogen) atoms. The standard InChI is InChI=1S/C28H31FN4O5S/c1-21-4-7-23(17-26(21)33(36)37)28(35)31(11-10-30-12-14-38-15-13-30)20-27(34)32(19-25-3-2-16-39-25)18-22-5-8-24(29)9-6-22/h2-9,16-17H,10-15,18-20H2,1H3. The van der Waals surface area contributed by atoms with E-state index in [-0.39, 0.29) is 42.6 Å². The quantitative estimate of drug-likeness (QED) is 0.262. The van der Waals surface area contributed by atoms with Crippen LogP contribution in [0.5, 0.6) is 0 Å². The molecule has 0 radical (unpaired) electrons. The first-order valence-corrected chi connectivity index (χ1v) is 13.6. The lowest BCUT2D eigenvalue weighted by Gasteiger charge is -2.31. The summed E-state index contributed by atoms with van der Waals surface area (Å²) in [5.41, 5.74) is 1.23. The molecule has 0 aliphatic carbocycles. The monoisotopic (exact) mass is 554 g/mol. The summed E-state index contributed by atoms with van der Waals surface area (Å²) in [5, 5.41) is 13.4. The van der Waals surface area contributed by atoms with E-state index >= 15 is 0 Å². The molecule has 3 aromatic rings. The van der Waals surface area contributed by atoms with Crippen molar-refractivity contribution >= 4 is 28.8 Å². The number of carbonyl (C=O) groups excluding carboxylic acids is 2. The molecule has 0 atom stereocenters. The molecule has 1 fully saturated rings. The van der Waals surface area contributed by atoms with Crippen molar-refractivity contribution in [3.63, 3.8) is 0 Å². The average molecular weight is 555 g/mol. The Morgan fingerprint density at radius 2 is 1.82 bits per heavy atom. The summed E-state index contributed by atoms with van der Waals surface area (Å²) in [7, 11) is 0. The second kappa shape index (κ2) is 13.4. The van der Waals surface area contributed by atoms with Crippen LogP contribution < -0.4 is 0 Å². The van der Waals surface area contributed by atoms with E-state index in [0.717, 1.165) is 23.5 Å². The number of carbonyl (C=O) groups is 2. The lowest BCUT2D eigenvalue weighted by Crippen LogP contribution is -2.47. The number of hydrogen-bond acceptors (Lipinski definition) is 7. The minimum atomic E-state index is -0.513. The first-order valence-electron chi connectivity index (χ1n) is 12.7. The summed E-state index contributed by atoms with van der Waals surface area (Å²) in [4.78, 5) is 44.5. The number of morpholine rings is 1. The molecule has 0 unspecified atom stereocenters. The van der Waals surface area contributed by atoms with Crippen molar-refractivity contribution in [2.24, 2.45) is 0 Å². The normalized spacial score (nSPS) is 13.7. The Kier molecular flexibility index (Phi) is 9.74. The molecule has 1 aromatic heterocycles. The number of nitro groups is 1. The molecule has 9 nitrogen and oxygen atoms in total. The SMILES string of the molecule is Cc1ccc(C(=O)N(CCN2CCOCC2)CC(=O)N(Cc2ccc(F)cc2)Cc2cccs2)cc1[N+](=O)[O-]. The summed E-state index contributed by atoms with van der Waals surface area (Å²) in [5.74, 6) is -1.08. The molecule has 0 N–H and O–H groups in total. The van der Waals surface area contributed by atoms with Crippen molar-refractivity contribution in [2.75, 3.05) is 45.9 Å². The van der Waals surface area contributed by atoms with Gasteiger partial charge in [0.05, 0.1) is 24.7 Å². The molecule has 2 aromatic carbocycles. The van der Waals surface area contributed by atoms with E-state index in [1.807, 2.05) is 17.5 Å². The lowest BCUT2D eigenvalue weighted by atomic mass is 10.1. The zero-order valence-electron chi connectivity index (χ0n) is 21.8. The van der Waals surface area contributed by atoms with Crippen molar-refractivity contribution < 1.29 is 23.6 Å². The van der Waals surface area contributed by atoms with Crippen molar-refractivity contribution in [1.82, 2.24) is 14.7 Å². The van der Waals surface area contributed by atoms with E-state index in [1.54, 1.807) is 36.1 Å². The fraction of sp³-hybridized carbons (Fsp3) is 0.357. The summed E-state index contributed by atoms with van der Waals surface area (Å²) in [6, 6.07) is 14.2. The number of benzene rings is 2. The van der Waals surface area contributed by atoms with Crippen LogP contribution in [0.1, 0.15) is 26.4 Å². The molecule has 1 aliphatic rings. The van der Waals surface area contributed by atoms with Gasteiger partial charge in [-0.25, -0.2) is 4.39 Å². The molecule has 4 rings (SSSR count). The Bertz CT molecular complexity index is 1280.